The summed E-state index contributed by atoms with van der Waals surface area (Å²) in [6, 6.07) is 20.4. The minimum absolute atomic E-state index is 0.0102. The Morgan fingerprint density at radius 3 is 2.47 bits per heavy atom. The summed E-state index contributed by atoms with van der Waals surface area (Å²) in [5.41, 5.74) is 1.67. The summed E-state index contributed by atoms with van der Waals surface area (Å²) >= 11 is 0. The van der Waals surface area contributed by atoms with E-state index in [-0.39, 0.29) is 17.9 Å². The molecule has 194 valence electrons. The molecule has 1 aliphatic heterocycles. The van der Waals surface area contributed by atoms with E-state index in [4.69, 9.17) is 18.6 Å². The Morgan fingerprint density at radius 1 is 0.974 bits per heavy atom. The molecule has 1 unspecified atom stereocenters. The smallest absolute Gasteiger partial charge is 0.290 e. The van der Waals surface area contributed by atoms with Crippen molar-refractivity contribution in [3.8, 4) is 17.2 Å². The molecule has 8 heteroatoms. The highest BCUT2D eigenvalue weighted by atomic mass is 16.5. The van der Waals surface area contributed by atoms with E-state index in [0.717, 1.165) is 5.56 Å². The number of furan rings is 1. The third kappa shape index (κ3) is 4.34. The van der Waals surface area contributed by atoms with Crippen LogP contribution in [0.15, 0.2) is 88.5 Å². The van der Waals surface area contributed by atoms with E-state index in [1.54, 1.807) is 61.7 Å². The van der Waals surface area contributed by atoms with Gasteiger partial charge in [0.1, 0.15) is 11.5 Å². The van der Waals surface area contributed by atoms with Gasteiger partial charge < -0.3 is 28.6 Å². The summed E-state index contributed by atoms with van der Waals surface area (Å²) in [6.07, 6.45) is 0. The van der Waals surface area contributed by atoms with Gasteiger partial charge in [-0.25, -0.2) is 0 Å². The third-order valence-corrected chi connectivity index (χ3v) is 6.52. The van der Waals surface area contributed by atoms with Crippen LogP contribution in [0.3, 0.4) is 0 Å². The van der Waals surface area contributed by atoms with Crippen molar-refractivity contribution >= 4 is 22.7 Å². The van der Waals surface area contributed by atoms with Crippen LogP contribution in [0.4, 0.5) is 0 Å². The zero-order chi connectivity index (χ0) is 26.8. The van der Waals surface area contributed by atoms with Gasteiger partial charge in [-0.05, 0) is 42.8 Å². The molecule has 0 fully saturated rings. The number of nitrogens with zero attached hydrogens (tertiary/aromatic N) is 1. The van der Waals surface area contributed by atoms with Crippen LogP contribution in [0.1, 0.15) is 34.6 Å². The number of hydrogen-bond acceptors (Lipinski definition) is 7. The first-order chi connectivity index (χ1) is 18.5. The average molecular weight is 514 g/mol. The highest BCUT2D eigenvalue weighted by molar-refractivity contribution is 6.16. The highest BCUT2D eigenvalue weighted by Gasteiger charge is 2.45. The molecule has 38 heavy (non-hydrogen) atoms. The lowest BCUT2D eigenvalue weighted by Gasteiger charge is -2.27. The molecule has 1 amide bonds. The molecule has 0 bridgehead atoms. The molecule has 1 atom stereocenters. The Bertz CT molecular complexity index is 1550. The van der Waals surface area contributed by atoms with Crippen LogP contribution in [0.2, 0.25) is 0 Å². The summed E-state index contributed by atoms with van der Waals surface area (Å²) in [7, 11) is 3.06. The molecule has 1 aromatic heterocycles. The fourth-order valence-electron chi connectivity index (χ4n) is 4.80. The molecule has 0 spiro atoms. The number of ether oxygens (including phenoxy) is 3. The summed E-state index contributed by atoms with van der Waals surface area (Å²) in [5, 5.41) is 11.7. The number of fused-ring (bicyclic) bond motifs is 1. The molecule has 2 heterocycles. The van der Waals surface area contributed by atoms with E-state index in [9.17, 15) is 14.7 Å². The molecule has 3 aromatic carbocycles. The van der Waals surface area contributed by atoms with Gasteiger partial charge in [0.15, 0.2) is 22.9 Å². The molecular weight excluding hydrogens is 486 g/mol. The lowest BCUT2D eigenvalue weighted by Crippen LogP contribution is -2.31. The lowest BCUT2D eigenvalue weighted by molar-refractivity contribution is -0.130. The first kappa shape index (κ1) is 25.0. The molecule has 5 rings (SSSR count). The zero-order valence-corrected chi connectivity index (χ0v) is 21.3. The lowest BCUT2D eigenvalue weighted by atomic mass is 9.94. The Kier molecular flexibility index (Phi) is 6.79. The second-order valence-electron chi connectivity index (χ2n) is 8.73. The second kappa shape index (κ2) is 10.3. The molecule has 0 saturated carbocycles. The maximum Gasteiger partial charge on any atom is 0.290 e. The standard InChI is InChI=1S/C30H27NO7/c1-4-37-21-12-7-10-18(15-21)26-25(27(32)24-16-19-11-8-14-23(36-3)29(19)38-24)28(33)30(34)31(26)17-20-9-5-6-13-22(20)35-2/h5-16,26,33H,4,17H2,1-3H3. The van der Waals surface area contributed by atoms with E-state index < -0.39 is 23.5 Å². The van der Waals surface area contributed by atoms with Crippen LogP contribution in [0.25, 0.3) is 11.0 Å². The first-order valence-corrected chi connectivity index (χ1v) is 12.2. The fourth-order valence-corrected chi connectivity index (χ4v) is 4.80. The SMILES string of the molecule is CCOc1cccc(C2C(C(=O)c3cc4cccc(OC)c4o3)=C(O)C(=O)N2Cc2ccccc2OC)c1. The van der Waals surface area contributed by atoms with Gasteiger partial charge in [0.25, 0.3) is 5.91 Å². The van der Waals surface area contributed by atoms with Gasteiger partial charge in [-0.3, -0.25) is 9.59 Å². The van der Waals surface area contributed by atoms with Gasteiger partial charge in [-0.1, -0.05) is 42.5 Å². The van der Waals surface area contributed by atoms with Gasteiger partial charge in [-0.15, -0.1) is 0 Å². The molecule has 1 N–H and O–H groups in total. The average Bonchev–Trinajstić information content (AvgIpc) is 3.48. The van der Waals surface area contributed by atoms with E-state index >= 15 is 0 Å². The molecule has 0 saturated heterocycles. The number of carbonyl (C=O) groups excluding carboxylic acids is 2. The maximum absolute atomic E-state index is 13.9. The number of rotatable bonds is 9. The van der Waals surface area contributed by atoms with Crippen molar-refractivity contribution in [1.29, 1.82) is 0 Å². The van der Waals surface area contributed by atoms with Crippen LogP contribution in [0, 0.1) is 0 Å². The predicted molar refractivity (Wildman–Crippen MR) is 141 cm³/mol. The van der Waals surface area contributed by atoms with Gasteiger partial charge >= 0.3 is 0 Å². The summed E-state index contributed by atoms with van der Waals surface area (Å²) in [5.74, 6) is -0.246. The summed E-state index contributed by atoms with van der Waals surface area (Å²) in [6.45, 7) is 2.42. The van der Waals surface area contributed by atoms with Gasteiger partial charge in [0.2, 0.25) is 5.78 Å². The van der Waals surface area contributed by atoms with Crippen molar-refractivity contribution < 1.29 is 33.3 Å². The molecular formula is C30H27NO7. The third-order valence-electron chi connectivity index (χ3n) is 6.52. The van der Waals surface area contributed by atoms with Gasteiger partial charge in [0, 0.05) is 10.9 Å². The second-order valence-corrected chi connectivity index (χ2v) is 8.73. The first-order valence-electron chi connectivity index (χ1n) is 12.2. The van der Waals surface area contributed by atoms with Gasteiger partial charge in [0.05, 0.1) is 39.0 Å². The zero-order valence-electron chi connectivity index (χ0n) is 21.3. The number of hydrogen-bond donors (Lipinski definition) is 1. The van der Waals surface area contributed by atoms with E-state index in [0.29, 0.717) is 40.4 Å². The number of carbonyl (C=O) groups is 2. The van der Waals surface area contributed by atoms with Crippen molar-refractivity contribution in [3.05, 3.63) is 101 Å². The number of amides is 1. The fraction of sp³-hybridized carbons (Fsp3) is 0.200. The van der Waals surface area contributed by atoms with Crippen molar-refractivity contribution in [1.82, 2.24) is 4.90 Å². The maximum atomic E-state index is 13.9. The predicted octanol–water partition coefficient (Wildman–Crippen LogP) is 5.63. The normalized spacial score (nSPS) is 15.3. The van der Waals surface area contributed by atoms with E-state index in [2.05, 4.69) is 0 Å². The number of ketones is 1. The van der Waals surface area contributed by atoms with Crippen molar-refractivity contribution in [2.45, 2.75) is 19.5 Å². The minimum Gasteiger partial charge on any atom is -0.503 e. The molecule has 8 nitrogen and oxygen atoms in total. The van der Waals surface area contributed by atoms with Crippen LogP contribution >= 0.6 is 0 Å². The Morgan fingerprint density at radius 2 is 1.71 bits per heavy atom. The number of benzene rings is 3. The van der Waals surface area contributed by atoms with E-state index in [1.807, 2.05) is 25.1 Å². The number of methoxy groups -OCH3 is 2. The molecule has 1 aliphatic rings. The molecule has 0 aliphatic carbocycles. The Labute approximate surface area is 219 Å². The van der Waals surface area contributed by atoms with Crippen LogP contribution < -0.4 is 14.2 Å². The monoisotopic (exact) mass is 513 g/mol. The quantitative estimate of drug-likeness (QED) is 0.290. The molecule has 0 radical (unpaired) electrons. The Hall–Kier alpha value is -4.72. The number of aliphatic hydroxyl groups is 1. The minimum atomic E-state index is -0.893. The van der Waals surface area contributed by atoms with Crippen molar-refractivity contribution in [3.63, 3.8) is 0 Å². The number of para-hydroxylation sites is 2. The van der Waals surface area contributed by atoms with Crippen LogP contribution in [-0.4, -0.2) is 42.5 Å². The largest absolute Gasteiger partial charge is 0.503 e. The topological polar surface area (TPSA) is 98.4 Å². The number of Topliss-reactive ketones (excluding diaryl/α,β-unsaturated/α-hetero) is 1. The van der Waals surface area contributed by atoms with Crippen molar-refractivity contribution in [2.24, 2.45) is 0 Å². The molecule has 4 aromatic rings. The highest BCUT2D eigenvalue weighted by Crippen LogP contribution is 2.42. The van der Waals surface area contributed by atoms with Crippen LogP contribution in [-0.2, 0) is 11.3 Å². The summed E-state index contributed by atoms with van der Waals surface area (Å²) < 4.78 is 22.4. The number of aliphatic hydroxyl groups excluding tert-OH is 1. The van der Waals surface area contributed by atoms with Gasteiger partial charge in [-0.2, -0.15) is 0 Å². The summed E-state index contributed by atoms with van der Waals surface area (Å²) in [4.78, 5) is 28.8. The van der Waals surface area contributed by atoms with Crippen LogP contribution in [0.5, 0.6) is 17.2 Å². The van der Waals surface area contributed by atoms with E-state index in [1.165, 1.54) is 12.0 Å². The Balaban J connectivity index is 1.62. The van der Waals surface area contributed by atoms with Crippen molar-refractivity contribution in [2.75, 3.05) is 20.8 Å².